The van der Waals surface area contributed by atoms with Crippen molar-refractivity contribution < 1.29 is 4.79 Å². The third-order valence-corrected chi connectivity index (χ3v) is 4.11. The Morgan fingerprint density at radius 1 is 1.27 bits per heavy atom. The molecular weight excluding hydrogens is 278 g/mol. The van der Waals surface area contributed by atoms with E-state index in [1.165, 1.54) is 0 Å². The molecule has 1 N–H and O–H groups in total. The van der Waals surface area contributed by atoms with E-state index in [9.17, 15) is 4.79 Å². The summed E-state index contributed by atoms with van der Waals surface area (Å²) >= 11 is 0. The van der Waals surface area contributed by atoms with E-state index < -0.39 is 0 Å². The molecule has 1 fully saturated rings. The van der Waals surface area contributed by atoms with Gasteiger partial charge in [-0.2, -0.15) is 5.10 Å². The van der Waals surface area contributed by atoms with Crippen molar-refractivity contribution >= 4 is 16.8 Å². The Morgan fingerprint density at radius 2 is 2.18 bits per heavy atom. The molecule has 6 nitrogen and oxygen atoms in total. The van der Waals surface area contributed by atoms with Crippen LogP contribution in [0.5, 0.6) is 0 Å². The molecule has 1 aliphatic rings. The molecule has 2 aromatic heterocycles. The minimum absolute atomic E-state index is 0.0170. The molecule has 0 bridgehead atoms. The maximum atomic E-state index is 12.9. The van der Waals surface area contributed by atoms with Gasteiger partial charge in [0.25, 0.3) is 5.91 Å². The predicted molar refractivity (Wildman–Crippen MR) is 81.1 cm³/mol. The highest BCUT2D eigenvalue weighted by Crippen LogP contribution is 2.32. The second kappa shape index (κ2) is 5.22. The first-order chi connectivity index (χ1) is 10.8. The Bertz CT molecular complexity index is 814. The van der Waals surface area contributed by atoms with Crippen molar-refractivity contribution in [3.8, 4) is 0 Å². The normalized spacial score (nSPS) is 18.0. The van der Waals surface area contributed by atoms with Crippen LogP contribution in [0.2, 0.25) is 0 Å². The van der Waals surface area contributed by atoms with Gasteiger partial charge >= 0.3 is 0 Å². The SMILES string of the molecule is O=C(c1n[nH]c2ccccc12)N1CCCC1c1cnccn1. The fraction of sp³-hybridized carbons (Fsp3) is 0.250. The number of hydrogen-bond donors (Lipinski definition) is 1. The van der Waals surface area contributed by atoms with E-state index in [4.69, 9.17) is 0 Å². The van der Waals surface area contributed by atoms with Crippen LogP contribution in [0.15, 0.2) is 42.9 Å². The topological polar surface area (TPSA) is 74.8 Å². The molecule has 1 saturated heterocycles. The van der Waals surface area contributed by atoms with E-state index in [1.54, 1.807) is 18.6 Å². The largest absolute Gasteiger partial charge is 0.329 e. The molecule has 6 heteroatoms. The fourth-order valence-corrected chi connectivity index (χ4v) is 3.06. The lowest BCUT2D eigenvalue weighted by atomic mass is 10.1. The van der Waals surface area contributed by atoms with Crippen LogP contribution in [-0.2, 0) is 0 Å². The maximum Gasteiger partial charge on any atom is 0.275 e. The Labute approximate surface area is 127 Å². The van der Waals surface area contributed by atoms with Gasteiger partial charge in [0, 0.05) is 24.3 Å². The van der Waals surface area contributed by atoms with E-state index >= 15 is 0 Å². The van der Waals surface area contributed by atoms with Crippen molar-refractivity contribution in [3.05, 3.63) is 54.2 Å². The summed E-state index contributed by atoms with van der Waals surface area (Å²) in [5.74, 6) is -0.0504. The van der Waals surface area contributed by atoms with Gasteiger partial charge in [-0.05, 0) is 18.9 Å². The average molecular weight is 293 g/mol. The first kappa shape index (κ1) is 12.9. The number of carbonyl (C=O) groups is 1. The Balaban J connectivity index is 1.70. The molecule has 1 aliphatic heterocycles. The number of benzene rings is 1. The van der Waals surface area contributed by atoms with Gasteiger partial charge in [-0.1, -0.05) is 18.2 Å². The molecule has 0 aliphatic carbocycles. The van der Waals surface area contributed by atoms with Crippen LogP contribution in [-0.4, -0.2) is 37.5 Å². The third-order valence-electron chi connectivity index (χ3n) is 4.11. The lowest BCUT2D eigenvalue weighted by Crippen LogP contribution is -2.31. The minimum atomic E-state index is -0.0504. The van der Waals surface area contributed by atoms with Gasteiger partial charge in [0.05, 0.1) is 23.4 Å². The lowest BCUT2D eigenvalue weighted by molar-refractivity contribution is 0.0728. The molecule has 0 spiro atoms. The van der Waals surface area contributed by atoms with Crippen molar-refractivity contribution in [2.24, 2.45) is 0 Å². The lowest BCUT2D eigenvalue weighted by Gasteiger charge is -2.23. The summed E-state index contributed by atoms with van der Waals surface area (Å²) in [4.78, 5) is 23.2. The second-order valence-corrected chi connectivity index (χ2v) is 5.40. The number of carbonyl (C=O) groups excluding carboxylic acids is 1. The molecule has 110 valence electrons. The van der Waals surface area contributed by atoms with E-state index in [0.29, 0.717) is 5.69 Å². The van der Waals surface area contributed by atoms with Crippen molar-refractivity contribution in [3.63, 3.8) is 0 Å². The highest BCUT2D eigenvalue weighted by Gasteiger charge is 2.33. The van der Waals surface area contributed by atoms with Gasteiger partial charge in [-0.25, -0.2) is 0 Å². The zero-order valence-corrected chi connectivity index (χ0v) is 11.9. The molecular formula is C16H15N5O. The smallest absolute Gasteiger partial charge is 0.275 e. The summed E-state index contributed by atoms with van der Waals surface area (Å²) in [5.41, 5.74) is 2.20. The van der Waals surface area contributed by atoms with Crippen molar-refractivity contribution in [2.45, 2.75) is 18.9 Å². The summed E-state index contributed by atoms with van der Waals surface area (Å²) in [7, 11) is 0. The first-order valence-electron chi connectivity index (χ1n) is 7.34. The minimum Gasteiger partial charge on any atom is -0.329 e. The number of aromatic amines is 1. The monoisotopic (exact) mass is 293 g/mol. The quantitative estimate of drug-likeness (QED) is 0.787. The predicted octanol–water partition coefficient (Wildman–Crippen LogP) is 2.33. The average Bonchev–Trinajstić information content (AvgIpc) is 3.22. The standard InChI is InChI=1S/C16H15N5O/c22-16(15-11-4-1-2-5-12(11)19-20-15)21-9-3-6-14(21)13-10-17-7-8-18-13/h1-2,4-5,7-8,10,14H,3,6,9H2,(H,19,20). The van der Waals surface area contributed by atoms with Crippen LogP contribution in [0.3, 0.4) is 0 Å². The van der Waals surface area contributed by atoms with Gasteiger partial charge in [0.15, 0.2) is 5.69 Å². The van der Waals surface area contributed by atoms with E-state index in [-0.39, 0.29) is 11.9 Å². The fourth-order valence-electron chi connectivity index (χ4n) is 3.06. The molecule has 3 heterocycles. The maximum absolute atomic E-state index is 12.9. The summed E-state index contributed by atoms with van der Waals surface area (Å²) in [6, 6.07) is 7.66. The Kier molecular flexibility index (Phi) is 3.07. The van der Waals surface area contributed by atoms with Gasteiger partial charge in [-0.3, -0.25) is 19.9 Å². The number of hydrogen-bond acceptors (Lipinski definition) is 4. The van der Waals surface area contributed by atoms with Crippen LogP contribution >= 0.6 is 0 Å². The summed E-state index contributed by atoms with van der Waals surface area (Å²) in [5, 5.41) is 8.00. The molecule has 0 saturated carbocycles. The van der Waals surface area contributed by atoms with Crippen LogP contribution in [0.4, 0.5) is 0 Å². The number of aromatic nitrogens is 4. The molecule has 22 heavy (non-hydrogen) atoms. The van der Waals surface area contributed by atoms with Crippen LogP contribution in [0.25, 0.3) is 10.9 Å². The number of H-pyrrole nitrogens is 1. The number of rotatable bonds is 2. The Morgan fingerprint density at radius 3 is 3.05 bits per heavy atom. The van der Waals surface area contributed by atoms with Gasteiger partial charge in [-0.15, -0.1) is 0 Å². The van der Waals surface area contributed by atoms with E-state index in [1.807, 2.05) is 29.2 Å². The van der Waals surface area contributed by atoms with Crippen LogP contribution in [0, 0.1) is 0 Å². The molecule has 4 rings (SSSR count). The van der Waals surface area contributed by atoms with Crippen molar-refractivity contribution in [1.82, 2.24) is 25.1 Å². The molecule has 1 aromatic carbocycles. The van der Waals surface area contributed by atoms with Crippen LogP contribution in [0.1, 0.15) is 35.1 Å². The molecule has 1 unspecified atom stereocenters. The number of fused-ring (bicyclic) bond motifs is 1. The van der Waals surface area contributed by atoms with Gasteiger partial charge < -0.3 is 4.90 Å². The van der Waals surface area contributed by atoms with Gasteiger partial charge in [0.2, 0.25) is 0 Å². The zero-order valence-electron chi connectivity index (χ0n) is 11.9. The van der Waals surface area contributed by atoms with Crippen LogP contribution < -0.4 is 0 Å². The number of nitrogens with one attached hydrogen (secondary N) is 1. The van der Waals surface area contributed by atoms with Crippen molar-refractivity contribution in [1.29, 1.82) is 0 Å². The number of para-hydroxylation sites is 1. The second-order valence-electron chi connectivity index (χ2n) is 5.40. The highest BCUT2D eigenvalue weighted by atomic mass is 16.2. The highest BCUT2D eigenvalue weighted by molar-refractivity contribution is 6.04. The number of likely N-dealkylation sites (tertiary alicyclic amines) is 1. The third kappa shape index (κ3) is 2.04. The Hall–Kier alpha value is -2.76. The molecule has 1 amide bonds. The summed E-state index contributed by atoms with van der Waals surface area (Å²) < 4.78 is 0. The summed E-state index contributed by atoms with van der Waals surface area (Å²) in [6.07, 6.45) is 6.92. The first-order valence-corrected chi connectivity index (χ1v) is 7.34. The zero-order chi connectivity index (χ0) is 14.9. The van der Waals surface area contributed by atoms with E-state index in [0.717, 1.165) is 36.0 Å². The summed E-state index contributed by atoms with van der Waals surface area (Å²) in [6.45, 7) is 0.723. The van der Waals surface area contributed by atoms with Crippen molar-refractivity contribution in [2.75, 3.05) is 6.54 Å². The molecule has 1 atom stereocenters. The number of amides is 1. The number of nitrogens with zero attached hydrogens (tertiary/aromatic N) is 4. The molecule has 0 radical (unpaired) electrons. The van der Waals surface area contributed by atoms with E-state index in [2.05, 4.69) is 20.2 Å². The molecule has 3 aromatic rings. The van der Waals surface area contributed by atoms with Gasteiger partial charge in [0.1, 0.15) is 0 Å².